The first-order valence-electron chi connectivity index (χ1n) is 9.85. The van der Waals surface area contributed by atoms with E-state index in [1.807, 2.05) is 17.0 Å². The summed E-state index contributed by atoms with van der Waals surface area (Å²) < 4.78 is 7.84. The second-order valence-electron chi connectivity index (χ2n) is 6.96. The van der Waals surface area contributed by atoms with Crippen LogP contribution in [-0.4, -0.2) is 62.1 Å². The Labute approximate surface area is 168 Å². The molecule has 0 N–H and O–H groups in total. The number of fused-ring (bicyclic) bond motifs is 3. The highest BCUT2D eigenvalue weighted by Crippen LogP contribution is 2.27. The second kappa shape index (κ2) is 8.45. The van der Waals surface area contributed by atoms with Gasteiger partial charge in [-0.05, 0) is 18.9 Å². The number of thioether (sulfide) groups is 1. The molecule has 4 rings (SSSR count). The van der Waals surface area contributed by atoms with Crippen molar-refractivity contribution < 1.29 is 9.53 Å². The number of morpholine rings is 1. The number of rotatable bonds is 6. The Hall–Kier alpha value is -2.19. The Morgan fingerprint density at radius 2 is 2.14 bits per heavy atom. The van der Waals surface area contributed by atoms with Crippen molar-refractivity contribution in [1.29, 1.82) is 0 Å². The lowest BCUT2D eigenvalue weighted by Crippen LogP contribution is -2.46. The van der Waals surface area contributed by atoms with Crippen LogP contribution in [0.2, 0.25) is 0 Å². The molecule has 0 bridgehead atoms. The van der Waals surface area contributed by atoms with E-state index in [1.54, 1.807) is 0 Å². The molecular formula is C20H25N5O2S. The van der Waals surface area contributed by atoms with Crippen molar-refractivity contribution in [3.8, 4) is 0 Å². The average molecular weight is 400 g/mol. The van der Waals surface area contributed by atoms with E-state index < -0.39 is 0 Å². The van der Waals surface area contributed by atoms with Crippen molar-refractivity contribution in [2.75, 3.05) is 25.4 Å². The maximum Gasteiger partial charge on any atom is 0.233 e. The second-order valence-corrected chi connectivity index (χ2v) is 7.91. The van der Waals surface area contributed by atoms with E-state index in [2.05, 4.69) is 40.7 Å². The van der Waals surface area contributed by atoms with Crippen molar-refractivity contribution in [2.45, 2.75) is 44.5 Å². The van der Waals surface area contributed by atoms with Gasteiger partial charge < -0.3 is 14.2 Å². The normalized spacial score (nSPS) is 17.5. The zero-order chi connectivity index (χ0) is 19.5. The molecule has 1 unspecified atom stereocenters. The van der Waals surface area contributed by atoms with Crippen LogP contribution in [0.25, 0.3) is 22.1 Å². The molecule has 1 fully saturated rings. The van der Waals surface area contributed by atoms with E-state index in [4.69, 9.17) is 9.72 Å². The number of amides is 1. The molecule has 0 radical (unpaired) electrons. The summed E-state index contributed by atoms with van der Waals surface area (Å²) in [7, 11) is 0. The molecule has 1 aromatic carbocycles. The minimum Gasteiger partial charge on any atom is -0.375 e. The summed E-state index contributed by atoms with van der Waals surface area (Å²) in [4.78, 5) is 19.2. The molecule has 1 atom stereocenters. The third kappa shape index (κ3) is 3.71. The molecule has 0 spiro atoms. The predicted molar refractivity (Wildman–Crippen MR) is 110 cm³/mol. The van der Waals surface area contributed by atoms with Gasteiger partial charge in [-0.25, -0.2) is 4.98 Å². The van der Waals surface area contributed by atoms with Gasteiger partial charge in [-0.15, -0.1) is 10.2 Å². The fourth-order valence-corrected chi connectivity index (χ4v) is 4.30. The van der Waals surface area contributed by atoms with Gasteiger partial charge in [0.1, 0.15) is 5.52 Å². The first kappa shape index (κ1) is 19.1. The molecule has 1 aliphatic heterocycles. The van der Waals surface area contributed by atoms with Crippen molar-refractivity contribution in [2.24, 2.45) is 0 Å². The van der Waals surface area contributed by atoms with E-state index in [1.165, 1.54) is 11.8 Å². The van der Waals surface area contributed by atoms with Gasteiger partial charge >= 0.3 is 0 Å². The molecule has 8 heteroatoms. The maximum atomic E-state index is 12.6. The highest BCUT2D eigenvalue weighted by atomic mass is 32.2. The average Bonchev–Trinajstić information content (AvgIpc) is 3.05. The number of benzene rings is 1. The molecule has 3 heterocycles. The van der Waals surface area contributed by atoms with Gasteiger partial charge in [-0.3, -0.25) is 4.79 Å². The Morgan fingerprint density at radius 3 is 2.96 bits per heavy atom. The molecule has 28 heavy (non-hydrogen) atoms. The van der Waals surface area contributed by atoms with Crippen molar-refractivity contribution >= 4 is 39.7 Å². The molecule has 148 valence electrons. The quantitative estimate of drug-likeness (QED) is 0.593. The van der Waals surface area contributed by atoms with E-state index in [0.29, 0.717) is 30.6 Å². The molecule has 1 saturated heterocycles. The van der Waals surface area contributed by atoms with Gasteiger partial charge in [0.25, 0.3) is 0 Å². The lowest BCUT2D eigenvalue weighted by Gasteiger charge is -2.32. The third-order valence-corrected chi connectivity index (χ3v) is 5.90. The Morgan fingerprint density at radius 1 is 1.29 bits per heavy atom. The summed E-state index contributed by atoms with van der Waals surface area (Å²) >= 11 is 1.35. The molecule has 0 saturated carbocycles. The highest BCUT2D eigenvalue weighted by molar-refractivity contribution is 7.99. The van der Waals surface area contributed by atoms with E-state index in [-0.39, 0.29) is 12.0 Å². The largest absolute Gasteiger partial charge is 0.375 e. The van der Waals surface area contributed by atoms with Crippen LogP contribution in [0.1, 0.15) is 26.7 Å². The number of hydrogen-bond donors (Lipinski definition) is 0. The minimum atomic E-state index is 0.101. The van der Waals surface area contributed by atoms with Crippen molar-refractivity contribution in [3.63, 3.8) is 0 Å². The smallest absolute Gasteiger partial charge is 0.233 e. The Bertz CT molecular complexity index is 989. The molecule has 1 amide bonds. The monoisotopic (exact) mass is 399 g/mol. The molecule has 3 aromatic rings. The summed E-state index contributed by atoms with van der Waals surface area (Å²) in [5.41, 5.74) is 2.78. The first-order chi connectivity index (χ1) is 13.7. The number of nitrogens with zero attached hydrogens (tertiary/aromatic N) is 5. The van der Waals surface area contributed by atoms with Gasteiger partial charge in [-0.1, -0.05) is 43.8 Å². The fraction of sp³-hybridized carbons (Fsp3) is 0.500. The van der Waals surface area contributed by atoms with Crippen molar-refractivity contribution in [1.82, 2.24) is 24.6 Å². The van der Waals surface area contributed by atoms with Gasteiger partial charge in [-0.2, -0.15) is 0 Å². The third-order valence-electron chi connectivity index (χ3n) is 5.07. The van der Waals surface area contributed by atoms with Gasteiger partial charge in [0.2, 0.25) is 11.1 Å². The van der Waals surface area contributed by atoms with Gasteiger partial charge in [0.15, 0.2) is 5.65 Å². The first-order valence-corrected chi connectivity index (χ1v) is 10.8. The van der Waals surface area contributed by atoms with Gasteiger partial charge in [0.05, 0.1) is 24.0 Å². The van der Waals surface area contributed by atoms with Crippen LogP contribution in [0.3, 0.4) is 0 Å². The Kier molecular flexibility index (Phi) is 5.77. The van der Waals surface area contributed by atoms with Crippen LogP contribution in [0.4, 0.5) is 0 Å². The zero-order valence-corrected chi connectivity index (χ0v) is 17.1. The highest BCUT2D eigenvalue weighted by Gasteiger charge is 2.23. The van der Waals surface area contributed by atoms with Crippen LogP contribution in [0.15, 0.2) is 29.4 Å². The lowest BCUT2D eigenvalue weighted by molar-refractivity contribution is -0.135. The summed E-state index contributed by atoms with van der Waals surface area (Å²) in [5.74, 6) is 0.419. The summed E-state index contributed by atoms with van der Waals surface area (Å²) in [5, 5.41) is 10.3. The number of ether oxygens (including phenoxy) is 1. The van der Waals surface area contributed by atoms with Gasteiger partial charge in [0, 0.05) is 25.0 Å². The van der Waals surface area contributed by atoms with E-state index in [9.17, 15) is 4.79 Å². The number of hydrogen-bond acceptors (Lipinski definition) is 6. The maximum absolute atomic E-state index is 12.6. The number of carbonyl (C=O) groups is 1. The predicted octanol–water partition coefficient (Wildman–Crippen LogP) is 3.12. The van der Waals surface area contributed by atoms with Crippen LogP contribution < -0.4 is 0 Å². The summed E-state index contributed by atoms with van der Waals surface area (Å²) in [6.45, 7) is 7.03. The number of aryl methyl sites for hydroxylation is 1. The number of aromatic nitrogens is 4. The SMILES string of the molecule is CCCn1c2ccccc2c2nnc(SCC(=O)N3CCOC(CC)C3)nc21. The van der Waals surface area contributed by atoms with Crippen molar-refractivity contribution in [3.05, 3.63) is 24.3 Å². The Balaban J connectivity index is 1.54. The number of para-hydroxylation sites is 1. The minimum absolute atomic E-state index is 0.101. The summed E-state index contributed by atoms with van der Waals surface area (Å²) in [6.07, 6.45) is 2.07. The molecule has 1 aliphatic rings. The van der Waals surface area contributed by atoms with E-state index in [0.717, 1.165) is 41.5 Å². The lowest BCUT2D eigenvalue weighted by atomic mass is 10.2. The number of carbonyl (C=O) groups excluding carboxylic acids is 1. The zero-order valence-electron chi connectivity index (χ0n) is 16.3. The van der Waals surface area contributed by atoms with Crippen LogP contribution in [0.5, 0.6) is 0 Å². The molecule has 7 nitrogen and oxygen atoms in total. The molecule has 0 aliphatic carbocycles. The van der Waals surface area contributed by atoms with E-state index >= 15 is 0 Å². The molecular weight excluding hydrogens is 374 g/mol. The topological polar surface area (TPSA) is 73.1 Å². The molecule has 2 aromatic heterocycles. The van der Waals surface area contributed by atoms with Crippen LogP contribution in [-0.2, 0) is 16.1 Å². The fourth-order valence-electron chi connectivity index (χ4n) is 3.61. The standard InChI is InChI=1S/C20H25N5O2S/c1-3-9-25-16-8-6-5-7-15(16)18-19(25)21-20(23-22-18)28-13-17(26)24-10-11-27-14(4-2)12-24/h5-8,14H,3-4,9-13H2,1-2H3. The summed E-state index contributed by atoms with van der Waals surface area (Å²) in [6, 6.07) is 8.18. The van der Waals surface area contributed by atoms with Crippen LogP contribution >= 0.6 is 11.8 Å². The van der Waals surface area contributed by atoms with Crippen LogP contribution in [0, 0.1) is 0 Å².